The smallest absolute Gasteiger partial charge is 0.0333 e. The van der Waals surface area contributed by atoms with Crippen molar-refractivity contribution in [3.8, 4) is 0 Å². The van der Waals surface area contributed by atoms with Crippen LogP contribution in [0.4, 0.5) is 0 Å². The predicted molar refractivity (Wildman–Crippen MR) is 43.4 cm³/mol. The number of rotatable bonds is 2. The molecule has 1 rings (SSSR count). The van der Waals surface area contributed by atoms with Crippen LogP contribution >= 0.6 is 0 Å². The van der Waals surface area contributed by atoms with Gasteiger partial charge in [0.2, 0.25) is 0 Å². The summed E-state index contributed by atoms with van der Waals surface area (Å²) in [4.78, 5) is 0. The summed E-state index contributed by atoms with van der Waals surface area (Å²) < 4.78 is 0. The Kier molecular flexibility index (Phi) is 2.55. The van der Waals surface area contributed by atoms with Gasteiger partial charge in [0.25, 0.3) is 0 Å². The zero-order valence-electron chi connectivity index (χ0n) is 6.70. The van der Waals surface area contributed by atoms with E-state index >= 15 is 0 Å². The number of hydrogen-bond acceptors (Lipinski definition) is 1. The molecule has 0 fully saturated rings. The van der Waals surface area contributed by atoms with E-state index in [1.165, 1.54) is 11.3 Å². The van der Waals surface area contributed by atoms with E-state index in [9.17, 15) is 0 Å². The quantitative estimate of drug-likeness (QED) is 0.612. The van der Waals surface area contributed by atoms with Gasteiger partial charge in [0, 0.05) is 18.3 Å². The van der Waals surface area contributed by atoms with Crippen LogP contribution in [0.1, 0.15) is 26.7 Å². The van der Waals surface area contributed by atoms with Gasteiger partial charge in [-0.25, -0.2) is 0 Å². The molecule has 1 heterocycles. The van der Waals surface area contributed by atoms with Gasteiger partial charge in [0.15, 0.2) is 0 Å². The summed E-state index contributed by atoms with van der Waals surface area (Å²) in [5, 5.41) is 3.26. The molecule has 0 aromatic rings. The predicted octanol–water partition coefficient (Wildman–Crippen LogP) is 2.02. The van der Waals surface area contributed by atoms with Crippen LogP contribution in [0.3, 0.4) is 0 Å². The summed E-state index contributed by atoms with van der Waals surface area (Å²) in [6, 6.07) is 0. The molecule has 0 amide bonds. The second-order valence-electron chi connectivity index (χ2n) is 2.42. The maximum atomic E-state index is 3.32. The van der Waals surface area contributed by atoms with Gasteiger partial charge in [-0.1, -0.05) is 19.9 Å². The molecule has 0 bridgehead atoms. The van der Waals surface area contributed by atoms with E-state index in [4.69, 9.17) is 0 Å². The maximum absolute atomic E-state index is 3.32. The van der Waals surface area contributed by atoms with E-state index < -0.39 is 0 Å². The van der Waals surface area contributed by atoms with E-state index in [-0.39, 0.29) is 0 Å². The molecule has 10 heavy (non-hydrogen) atoms. The highest BCUT2D eigenvalue weighted by molar-refractivity contribution is 5.21. The van der Waals surface area contributed by atoms with Gasteiger partial charge in [-0.2, -0.15) is 0 Å². The van der Waals surface area contributed by atoms with Crippen LogP contribution in [0.5, 0.6) is 0 Å². The number of dihydropyridines is 1. The molecule has 0 spiro atoms. The molecular formula is C9H14N. The lowest BCUT2D eigenvalue weighted by Gasteiger charge is -2.12. The summed E-state index contributed by atoms with van der Waals surface area (Å²) in [6.07, 6.45) is 7.68. The summed E-state index contributed by atoms with van der Waals surface area (Å²) in [6.45, 7) is 5.30. The molecule has 1 aliphatic rings. The standard InChI is InChI=1S/C9H14N/c1-3-8-5-6-10-9(4-2)7-8/h5,10H,3-4,6H2,1-2H3. The maximum Gasteiger partial charge on any atom is 0.0333 e. The minimum absolute atomic E-state index is 0.985. The lowest BCUT2D eigenvalue weighted by Crippen LogP contribution is -2.16. The lowest BCUT2D eigenvalue weighted by atomic mass is 10.1. The Balaban J connectivity index is 2.61. The van der Waals surface area contributed by atoms with E-state index in [1.807, 2.05) is 0 Å². The SMILES string of the molecule is CCC1=[C]C(CC)=CCN1. The fourth-order valence-corrected chi connectivity index (χ4v) is 1.03. The van der Waals surface area contributed by atoms with E-state index in [1.54, 1.807) is 0 Å². The third kappa shape index (κ3) is 1.63. The van der Waals surface area contributed by atoms with Gasteiger partial charge in [-0.15, -0.1) is 0 Å². The molecule has 0 aromatic heterocycles. The molecule has 1 radical (unpaired) electrons. The largest absolute Gasteiger partial charge is 0.384 e. The zero-order valence-corrected chi connectivity index (χ0v) is 6.70. The van der Waals surface area contributed by atoms with Crippen molar-refractivity contribution < 1.29 is 0 Å². The van der Waals surface area contributed by atoms with Crippen molar-refractivity contribution in [2.24, 2.45) is 0 Å². The van der Waals surface area contributed by atoms with Crippen molar-refractivity contribution in [3.63, 3.8) is 0 Å². The van der Waals surface area contributed by atoms with Crippen molar-refractivity contribution in [1.82, 2.24) is 5.32 Å². The molecule has 0 aliphatic carbocycles. The Morgan fingerprint density at radius 1 is 1.50 bits per heavy atom. The fourth-order valence-electron chi connectivity index (χ4n) is 1.03. The van der Waals surface area contributed by atoms with Gasteiger partial charge in [-0.3, -0.25) is 0 Å². The first kappa shape index (κ1) is 7.39. The van der Waals surface area contributed by atoms with Crippen LogP contribution in [0, 0.1) is 6.08 Å². The van der Waals surface area contributed by atoms with Crippen LogP contribution in [0.2, 0.25) is 0 Å². The molecule has 1 heteroatoms. The molecule has 0 unspecified atom stereocenters. The van der Waals surface area contributed by atoms with Crippen molar-refractivity contribution in [1.29, 1.82) is 0 Å². The zero-order chi connectivity index (χ0) is 7.40. The van der Waals surface area contributed by atoms with Crippen molar-refractivity contribution in [2.45, 2.75) is 26.7 Å². The topological polar surface area (TPSA) is 12.0 Å². The minimum Gasteiger partial charge on any atom is -0.384 e. The fraction of sp³-hybridized carbons (Fsp3) is 0.556. The third-order valence-corrected chi connectivity index (χ3v) is 1.71. The second kappa shape index (κ2) is 3.45. The molecule has 0 saturated heterocycles. The van der Waals surface area contributed by atoms with Gasteiger partial charge >= 0.3 is 0 Å². The highest BCUT2D eigenvalue weighted by Crippen LogP contribution is 2.09. The average Bonchev–Trinajstić information content (AvgIpc) is 2.05. The van der Waals surface area contributed by atoms with Crippen molar-refractivity contribution >= 4 is 0 Å². The van der Waals surface area contributed by atoms with Crippen LogP contribution in [-0.2, 0) is 0 Å². The first-order valence-electron chi connectivity index (χ1n) is 3.92. The van der Waals surface area contributed by atoms with Crippen molar-refractivity contribution in [3.05, 3.63) is 23.4 Å². The van der Waals surface area contributed by atoms with Crippen LogP contribution in [0.15, 0.2) is 17.3 Å². The van der Waals surface area contributed by atoms with Crippen LogP contribution in [-0.4, -0.2) is 6.54 Å². The Labute approximate surface area is 62.8 Å². The van der Waals surface area contributed by atoms with E-state index in [0.717, 1.165) is 19.4 Å². The summed E-state index contributed by atoms with van der Waals surface area (Å²) in [5.74, 6) is 0. The monoisotopic (exact) mass is 136 g/mol. The number of allylic oxidation sites excluding steroid dienone is 3. The molecule has 1 nitrogen and oxygen atoms in total. The van der Waals surface area contributed by atoms with Gasteiger partial charge in [-0.05, 0) is 18.4 Å². The number of nitrogens with one attached hydrogen (secondary N) is 1. The molecule has 1 N–H and O–H groups in total. The molecule has 55 valence electrons. The highest BCUT2D eigenvalue weighted by Gasteiger charge is 2.00. The van der Waals surface area contributed by atoms with E-state index in [2.05, 4.69) is 31.3 Å². The molecule has 1 aliphatic heterocycles. The normalized spacial score (nSPS) is 17.4. The third-order valence-electron chi connectivity index (χ3n) is 1.71. The van der Waals surface area contributed by atoms with Gasteiger partial charge < -0.3 is 5.32 Å². The molecule has 0 atom stereocenters. The second-order valence-corrected chi connectivity index (χ2v) is 2.42. The van der Waals surface area contributed by atoms with Crippen molar-refractivity contribution in [2.75, 3.05) is 6.54 Å². The molecular weight excluding hydrogens is 122 g/mol. The number of hydrogen-bond donors (Lipinski definition) is 1. The Hall–Kier alpha value is -0.720. The Morgan fingerprint density at radius 3 is 2.90 bits per heavy atom. The average molecular weight is 136 g/mol. The summed E-state index contributed by atoms with van der Waals surface area (Å²) >= 11 is 0. The van der Waals surface area contributed by atoms with Crippen LogP contribution in [0.25, 0.3) is 0 Å². The molecule has 0 saturated carbocycles. The van der Waals surface area contributed by atoms with E-state index in [0.29, 0.717) is 0 Å². The summed E-state index contributed by atoms with van der Waals surface area (Å²) in [5.41, 5.74) is 2.59. The Morgan fingerprint density at radius 2 is 2.30 bits per heavy atom. The molecule has 0 aromatic carbocycles. The highest BCUT2D eigenvalue weighted by atomic mass is 14.9. The minimum atomic E-state index is 0.985. The lowest BCUT2D eigenvalue weighted by molar-refractivity contribution is 0.807. The first-order chi connectivity index (χ1) is 4.86. The van der Waals surface area contributed by atoms with Crippen LogP contribution < -0.4 is 5.32 Å². The Bertz CT molecular complexity index is 166. The summed E-state index contributed by atoms with van der Waals surface area (Å²) in [7, 11) is 0. The van der Waals surface area contributed by atoms with Gasteiger partial charge in [0.1, 0.15) is 0 Å². The first-order valence-corrected chi connectivity index (χ1v) is 3.92. The van der Waals surface area contributed by atoms with Gasteiger partial charge in [0.05, 0.1) is 0 Å².